The number of hydrogen-bond acceptors (Lipinski definition) is 4. The first-order valence-corrected chi connectivity index (χ1v) is 12.0. The molecule has 1 atom stereocenters. The molecule has 1 N–H and O–H groups in total. The van der Waals surface area contributed by atoms with Gasteiger partial charge in [-0.25, -0.2) is 12.7 Å². The molecule has 1 unspecified atom stereocenters. The Bertz CT molecular complexity index is 827. The molecule has 28 heavy (non-hydrogen) atoms. The van der Waals surface area contributed by atoms with E-state index < -0.39 is 15.6 Å². The molecular weight excluding hydrogens is 376 g/mol. The van der Waals surface area contributed by atoms with E-state index in [9.17, 15) is 13.2 Å². The fourth-order valence-corrected chi connectivity index (χ4v) is 5.58. The SMILES string of the molecule is CCS(=O)(=O)N1CCC2(CC1)OC(CC(=O)NCC1CC1)Cc1ccccc12. The van der Waals surface area contributed by atoms with Gasteiger partial charge in [0.05, 0.1) is 23.9 Å². The molecule has 1 saturated carbocycles. The Labute approximate surface area is 167 Å². The molecule has 3 aliphatic rings. The number of nitrogens with zero attached hydrogens (tertiary/aromatic N) is 1. The minimum atomic E-state index is -3.18. The molecule has 0 radical (unpaired) electrons. The van der Waals surface area contributed by atoms with Crippen molar-refractivity contribution in [3.05, 3.63) is 35.4 Å². The van der Waals surface area contributed by atoms with E-state index in [1.807, 2.05) is 12.1 Å². The molecular formula is C21H30N2O4S. The van der Waals surface area contributed by atoms with Gasteiger partial charge >= 0.3 is 0 Å². The zero-order chi connectivity index (χ0) is 19.8. The van der Waals surface area contributed by atoms with Crippen molar-refractivity contribution < 1.29 is 17.9 Å². The maximum absolute atomic E-state index is 12.4. The molecule has 2 aliphatic heterocycles. The fourth-order valence-electron chi connectivity index (χ4n) is 4.48. The Morgan fingerprint density at radius 1 is 1.25 bits per heavy atom. The Kier molecular flexibility index (Phi) is 5.51. The Balaban J connectivity index is 1.49. The van der Waals surface area contributed by atoms with Crippen LogP contribution in [-0.4, -0.2) is 50.1 Å². The molecule has 2 heterocycles. The monoisotopic (exact) mass is 406 g/mol. The van der Waals surface area contributed by atoms with Gasteiger partial charge in [0.2, 0.25) is 15.9 Å². The van der Waals surface area contributed by atoms with Gasteiger partial charge in [0.25, 0.3) is 0 Å². The number of sulfonamides is 1. The summed E-state index contributed by atoms with van der Waals surface area (Å²) in [5.41, 5.74) is 1.90. The minimum absolute atomic E-state index is 0.0532. The summed E-state index contributed by atoms with van der Waals surface area (Å²) < 4.78 is 32.6. The second-order valence-electron chi connectivity index (χ2n) is 8.35. The highest BCUT2D eigenvalue weighted by atomic mass is 32.2. The molecule has 6 nitrogen and oxygen atoms in total. The lowest BCUT2D eigenvalue weighted by Gasteiger charge is -2.47. The Morgan fingerprint density at radius 3 is 2.64 bits per heavy atom. The number of ether oxygens (including phenoxy) is 1. The van der Waals surface area contributed by atoms with Gasteiger partial charge in [-0.2, -0.15) is 0 Å². The molecule has 1 aromatic carbocycles. The smallest absolute Gasteiger partial charge is 0.222 e. The van der Waals surface area contributed by atoms with Crippen LogP contribution >= 0.6 is 0 Å². The molecule has 1 spiro atoms. The normalized spacial score (nSPS) is 24.7. The molecule has 0 aromatic heterocycles. The van der Waals surface area contributed by atoms with Crippen LogP contribution in [0.2, 0.25) is 0 Å². The molecule has 1 aromatic rings. The van der Waals surface area contributed by atoms with Crippen LogP contribution in [-0.2, 0) is 31.6 Å². The van der Waals surface area contributed by atoms with Gasteiger partial charge in [-0.15, -0.1) is 0 Å². The maximum atomic E-state index is 12.4. The van der Waals surface area contributed by atoms with Crippen LogP contribution in [0, 0.1) is 5.92 Å². The molecule has 7 heteroatoms. The van der Waals surface area contributed by atoms with Gasteiger partial charge in [0, 0.05) is 19.6 Å². The lowest BCUT2D eigenvalue weighted by molar-refractivity contribution is -0.146. The topological polar surface area (TPSA) is 75.7 Å². The fraction of sp³-hybridized carbons (Fsp3) is 0.667. The van der Waals surface area contributed by atoms with Crippen molar-refractivity contribution in [3.8, 4) is 0 Å². The number of carbonyl (C=O) groups is 1. The summed E-state index contributed by atoms with van der Waals surface area (Å²) in [5, 5.41) is 3.04. The van der Waals surface area contributed by atoms with Gasteiger partial charge in [-0.3, -0.25) is 4.79 Å². The molecule has 154 valence electrons. The summed E-state index contributed by atoms with van der Waals surface area (Å²) in [6.45, 7) is 3.38. The van der Waals surface area contributed by atoms with E-state index in [4.69, 9.17) is 4.74 Å². The summed E-state index contributed by atoms with van der Waals surface area (Å²) in [6, 6.07) is 8.26. The third-order valence-electron chi connectivity index (χ3n) is 6.33. The molecule has 0 bridgehead atoms. The summed E-state index contributed by atoms with van der Waals surface area (Å²) in [6.07, 6.45) is 4.61. The van der Waals surface area contributed by atoms with Crippen molar-refractivity contribution in [2.24, 2.45) is 5.92 Å². The van der Waals surface area contributed by atoms with E-state index >= 15 is 0 Å². The third kappa shape index (κ3) is 4.11. The van der Waals surface area contributed by atoms with E-state index in [0.29, 0.717) is 38.3 Å². The van der Waals surface area contributed by atoms with Gasteiger partial charge in [-0.05, 0) is 56.1 Å². The predicted octanol–water partition coefficient (Wildman–Crippen LogP) is 2.19. The highest BCUT2D eigenvalue weighted by molar-refractivity contribution is 7.89. The highest BCUT2D eigenvalue weighted by Crippen LogP contribution is 2.44. The summed E-state index contributed by atoms with van der Waals surface area (Å²) in [7, 11) is -3.18. The zero-order valence-electron chi connectivity index (χ0n) is 16.5. The number of hydrogen-bond donors (Lipinski definition) is 1. The lowest BCUT2D eigenvalue weighted by atomic mass is 9.78. The largest absolute Gasteiger partial charge is 0.366 e. The van der Waals surface area contributed by atoms with E-state index in [2.05, 4.69) is 17.4 Å². The molecule has 1 aliphatic carbocycles. The quantitative estimate of drug-likeness (QED) is 0.786. The van der Waals surface area contributed by atoms with Crippen LogP contribution < -0.4 is 5.32 Å². The van der Waals surface area contributed by atoms with Crippen molar-refractivity contribution in [1.82, 2.24) is 9.62 Å². The molecule has 1 amide bonds. The van der Waals surface area contributed by atoms with E-state index in [1.165, 1.54) is 18.4 Å². The number of fused-ring (bicyclic) bond motifs is 2. The van der Waals surface area contributed by atoms with Crippen molar-refractivity contribution in [2.45, 2.75) is 57.2 Å². The van der Waals surface area contributed by atoms with Gasteiger partial charge < -0.3 is 10.1 Å². The highest BCUT2D eigenvalue weighted by Gasteiger charge is 2.45. The van der Waals surface area contributed by atoms with E-state index in [1.54, 1.807) is 11.2 Å². The number of amides is 1. The van der Waals surface area contributed by atoms with Gasteiger partial charge in [0.1, 0.15) is 0 Å². The van der Waals surface area contributed by atoms with Crippen LogP contribution in [0.3, 0.4) is 0 Å². The van der Waals surface area contributed by atoms with Crippen molar-refractivity contribution in [3.63, 3.8) is 0 Å². The summed E-state index contributed by atoms with van der Waals surface area (Å²) in [4.78, 5) is 12.4. The average molecular weight is 407 g/mol. The van der Waals surface area contributed by atoms with E-state index in [0.717, 1.165) is 18.5 Å². The first-order valence-electron chi connectivity index (χ1n) is 10.4. The number of benzene rings is 1. The van der Waals surface area contributed by atoms with Crippen LogP contribution in [0.5, 0.6) is 0 Å². The standard InChI is InChI=1S/C21H30N2O4S/c1-2-28(25,26)23-11-9-21(10-12-23)19-6-4-3-5-17(19)13-18(27-21)14-20(24)22-15-16-7-8-16/h3-6,16,18H,2,7-15H2,1H3,(H,22,24). The summed E-state index contributed by atoms with van der Waals surface area (Å²) >= 11 is 0. The number of piperidine rings is 1. The van der Waals surface area contributed by atoms with Crippen LogP contribution in [0.1, 0.15) is 50.2 Å². The van der Waals surface area contributed by atoms with Crippen molar-refractivity contribution in [1.29, 1.82) is 0 Å². The van der Waals surface area contributed by atoms with E-state index in [-0.39, 0.29) is 17.8 Å². The maximum Gasteiger partial charge on any atom is 0.222 e. The van der Waals surface area contributed by atoms with Crippen LogP contribution in [0.4, 0.5) is 0 Å². The molecule has 1 saturated heterocycles. The number of rotatable bonds is 6. The molecule has 4 rings (SSSR count). The first kappa shape index (κ1) is 19.9. The number of carbonyl (C=O) groups excluding carboxylic acids is 1. The first-order chi connectivity index (χ1) is 13.4. The van der Waals surface area contributed by atoms with Crippen LogP contribution in [0.15, 0.2) is 24.3 Å². The predicted molar refractivity (Wildman–Crippen MR) is 107 cm³/mol. The second-order valence-corrected chi connectivity index (χ2v) is 10.6. The summed E-state index contributed by atoms with van der Waals surface area (Å²) in [5.74, 6) is 0.840. The van der Waals surface area contributed by atoms with Crippen LogP contribution in [0.25, 0.3) is 0 Å². The van der Waals surface area contributed by atoms with Crippen molar-refractivity contribution in [2.75, 3.05) is 25.4 Å². The molecule has 2 fully saturated rings. The Morgan fingerprint density at radius 2 is 1.96 bits per heavy atom. The number of nitrogens with one attached hydrogen (secondary N) is 1. The lowest BCUT2D eigenvalue weighted by Crippen LogP contribution is -2.51. The zero-order valence-corrected chi connectivity index (χ0v) is 17.3. The van der Waals surface area contributed by atoms with Crippen molar-refractivity contribution >= 4 is 15.9 Å². The Hall–Kier alpha value is -1.44. The average Bonchev–Trinajstić information content (AvgIpc) is 3.51. The minimum Gasteiger partial charge on any atom is -0.366 e. The second kappa shape index (κ2) is 7.76. The van der Waals surface area contributed by atoms with Gasteiger partial charge in [0.15, 0.2) is 0 Å². The van der Waals surface area contributed by atoms with Gasteiger partial charge in [-0.1, -0.05) is 24.3 Å². The third-order valence-corrected chi connectivity index (χ3v) is 8.22.